The highest BCUT2D eigenvalue weighted by Crippen LogP contribution is 2.27. The minimum Gasteiger partial charge on any atom is -0.390 e. The fraction of sp³-hybridized carbons (Fsp3) is 0.556. The average Bonchev–Trinajstić information content (AvgIpc) is 2.54. The summed E-state index contributed by atoms with van der Waals surface area (Å²) in [6.07, 6.45) is 11.3. The van der Waals surface area contributed by atoms with E-state index in [1.165, 1.54) is 6.42 Å². The Labute approximate surface area is 127 Å². The van der Waals surface area contributed by atoms with E-state index in [-0.39, 0.29) is 11.6 Å². The van der Waals surface area contributed by atoms with Crippen LogP contribution in [0.4, 0.5) is 0 Å². The fourth-order valence-electron chi connectivity index (χ4n) is 3.00. The van der Waals surface area contributed by atoms with Crippen molar-refractivity contribution in [3.05, 3.63) is 35.9 Å². The van der Waals surface area contributed by atoms with Gasteiger partial charge in [0, 0.05) is 12.6 Å². The Kier molecular flexibility index (Phi) is 5.81. The highest BCUT2D eigenvalue weighted by Gasteiger charge is 2.30. The first-order valence-electron chi connectivity index (χ1n) is 7.85. The number of rotatable bonds is 6. The number of β-amino-alcohol motifs (C(OH)–C–C–N with tert-alkyl or cyclic N) is 1. The van der Waals surface area contributed by atoms with E-state index in [1.54, 1.807) is 0 Å². The Bertz CT molecular complexity index is 460. The van der Waals surface area contributed by atoms with Crippen molar-refractivity contribution in [2.45, 2.75) is 56.2 Å². The third kappa shape index (κ3) is 4.57. The molecule has 0 spiro atoms. The monoisotopic (exact) mass is 286 g/mol. The van der Waals surface area contributed by atoms with Crippen LogP contribution < -0.4 is 11.1 Å². The first kappa shape index (κ1) is 16.0. The lowest BCUT2D eigenvalue weighted by molar-refractivity contribution is 0.128. The molecule has 1 aromatic rings. The lowest BCUT2D eigenvalue weighted by Crippen LogP contribution is -2.52. The summed E-state index contributed by atoms with van der Waals surface area (Å²) in [6.45, 7) is 0.457. The summed E-state index contributed by atoms with van der Waals surface area (Å²) in [5.41, 5.74) is 7.01. The van der Waals surface area contributed by atoms with E-state index in [0.29, 0.717) is 13.0 Å². The van der Waals surface area contributed by atoms with Crippen molar-refractivity contribution in [3.63, 3.8) is 0 Å². The second-order valence-corrected chi connectivity index (χ2v) is 6.09. The van der Waals surface area contributed by atoms with Crippen LogP contribution in [-0.2, 0) is 6.42 Å². The molecular formula is C18H26N2O. The molecule has 1 fully saturated rings. The van der Waals surface area contributed by atoms with E-state index in [4.69, 9.17) is 12.2 Å². The summed E-state index contributed by atoms with van der Waals surface area (Å²) < 4.78 is 0. The van der Waals surface area contributed by atoms with Crippen molar-refractivity contribution >= 4 is 0 Å². The predicted octanol–water partition coefficient (Wildman–Crippen LogP) is 1.84. The van der Waals surface area contributed by atoms with Crippen molar-refractivity contribution in [2.75, 3.05) is 6.54 Å². The van der Waals surface area contributed by atoms with Gasteiger partial charge in [0.25, 0.3) is 0 Å². The number of benzene rings is 1. The Balaban J connectivity index is 1.83. The van der Waals surface area contributed by atoms with Gasteiger partial charge >= 0.3 is 0 Å². The van der Waals surface area contributed by atoms with Crippen LogP contribution in [0.2, 0.25) is 0 Å². The molecule has 1 aliphatic carbocycles. The van der Waals surface area contributed by atoms with Gasteiger partial charge in [0.2, 0.25) is 0 Å². The number of hydrogen-bond acceptors (Lipinski definition) is 3. The molecule has 0 radical (unpaired) electrons. The van der Waals surface area contributed by atoms with Crippen LogP contribution in [0, 0.1) is 12.3 Å². The van der Waals surface area contributed by atoms with Gasteiger partial charge in [-0.15, -0.1) is 6.42 Å². The van der Waals surface area contributed by atoms with Gasteiger partial charge in [-0.3, -0.25) is 5.32 Å². The molecule has 0 unspecified atom stereocenters. The van der Waals surface area contributed by atoms with Gasteiger partial charge in [-0.1, -0.05) is 55.5 Å². The number of nitrogens with two attached hydrogens (primary N) is 1. The minimum atomic E-state index is -0.586. The number of terminal acetylenes is 1. The van der Waals surface area contributed by atoms with Crippen LogP contribution in [0.15, 0.2) is 30.3 Å². The van der Waals surface area contributed by atoms with E-state index in [2.05, 4.69) is 11.2 Å². The Hall–Kier alpha value is -1.34. The third-order valence-corrected chi connectivity index (χ3v) is 4.44. The molecule has 21 heavy (non-hydrogen) atoms. The van der Waals surface area contributed by atoms with Crippen molar-refractivity contribution in [1.29, 1.82) is 0 Å². The van der Waals surface area contributed by atoms with Crippen molar-refractivity contribution in [2.24, 2.45) is 5.73 Å². The molecule has 1 aromatic carbocycles. The summed E-state index contributed by atoms with van der Waals surface area (Å²) in [5, 5.41) is 13.6. The molecule has 1 saturated carbocycles. The minimum absolute atomic E-state index is 0.244. The Morgan fingerprint density at radius 2 is 1.90 bits per heavy atom. The molecule has 0 bridgehead atoms. The maximum absolute atomic E-state index is 10.3. The molecular weight excluding hydrogens is 260 g/mol. The van der Waals surface area contributed by atoms with E-state index in [1.807, 2.05) is 30.3 Å². The maximum atomic E-state index is 10.3. The molecule has 0 amide bonds. The van der Waals surface area contributed by atoms with Gasteiger partial charge in [-0.25, -0.2) is 0 Å². The molecule has 2 rings (SSSR count). The van der Waals surface area contributed by atoms with Crippen LogP contribution in [-0.4, -0.2) is 29.3 Å². The summed E-state index contributed by atoms with van der Waals surface area (Å²) in [7, 11) is 0. The smallest absolute Gasteiger partial charge is 0.0818 e. The van der Waals surface area contributed by atoms with Gasteiger partial charge in [0.15, 0.2) is 0 Å². The largest absolute Gasteiger partial charge is 0.390 e. The van der Waals surface area contributed by atoms with E-state index >= 15 is 0 Å². The topological polar surface area (TPSA) is 58.3 Å². The van der Waals surface area contributed by atoms with Crippen molar-refractivity contribution in [3.8, 4) is 12.3 Å². The number of aliphatic hydroxyl groups excluding tert-OH is 1. The first-order chi connectivity index (χ1) is 10.2. The standard InChI is InChI=1S/C18H26N2O/c1-2-18(11-7-4-8-12-18)20-14-17(21)16(19)13-15-9-5-3-6-10-15/h1,3,5-6,9-10,16-17,20-21H,4,7-8,11-14,19H2/t16-,17+/m0/s1. The number of hydrogen-bond donors (Lipinski definition) is 3. The Morgan fingerprint density at radius 3 is 2.52 bits per heavy atom. The lowest BCUT2D eigenvalue weighted by atomic mass is 9.82. The molecule has 0 aliphatic heterocycles. The van der Waals surface area contributed by atoms with E-state index in [0.717, 1.165) is 31.2 Å². The normalized spacial score (nSPS) is 20.4. The highest BCUT2D eigenvalue weighted by molar-refractivity contribution is 5.17. The SMILES string of the molecule is C#CC1(NC[C@@H](O)[C@@H](N)Cc2ccccc2)CCCCC1. The van der Waals surface area contributed by atoms with Gasteiger partial charge in [0.1, 0.15) is 0 Å². The number of aliphatic hydroxyl groups is 1. The Morgan fingerprint density at radius 1 is 1.24 bits per heavy atom. The fourth-order valence-corrected chi connectivity index (χ4v) is 3.00. The van der Waals surface area contributed by atoms with Crippen LogP contribution in [0.3, 0.4) is 0 Å². The van der Waals surface area contributed by atoms with Gasteiger partial charge < -0.3 is 10.8 Å². The van der Waals surface area contributed by atoms with Crippen molar-refractivity contribution < 1.29 is 5.11 Å². The highest BCUT2D eigenvalue weighted by atomic mass is 16.3. The molecule has 4 N–H and O–H groups in total. The van der Waals surface area contributed by atoms with Crippen LogP contribution in [0.1, 0.15) is 37.7 Å². The molecule has 3 heteroatoms. The molecule has 0 heterocycles. The average molecular weight is 286 g/mol. The predicted molar refractivity (Wildman–Crippen MR) is 86.8 cm³/mol. The quantitative estimate of drug-likeness (QED) is 0.699. The maximum Gasteiger partial charge on any atom is 0.0818 e. The summed E-state index contributed by atoms with van der Waals surface area (Å²) in [6, 6.07) is 9.74. The molecule has 3 nitrogen and oxygen atoms in total. The van der Waals surface area contributed by atoms with Crippen molar-refractivity contribution in [1.82, 2.24) is 5.32 Å². The summed E-state index contributed by atoms with van der Waals surface area (Å²) in [4.78, 5) is 0. The van der Waals surface area contributed by atoms with Crippen LogP contribution in [0.25, 0.3) is 0 Å². The van der Waals surface area contributed by atoms with E-state index < -0.39 is 6.10 Å². The molecule has 0 saturated heterocycles. The molecule has 0 aromatic heterocycles. The molecule has 114 valence electrons. The zero-order chi connectivity index (χ0) is 15.1. The molecule has 1 aliphatic rings. The van der Waals surface area contributed by atoms with Gasteiger partial charge in [0.05, 0.1) is 11.6 Å². The van der Waals surface area contributed by atoms with Gasteiger partial charge in [-0.2, -0.15) is 0 Å². The molecule has 2 atom stereocenters. The van der Waals surface area contributed by atoms with Gasteiger partial charge in [-0.05, 0) is 24.8 Å². The first-order valence-corrected chi connectivity index (χ1v) is 7.85. The lowest BCUT2D eigenvalue weighted by Gasteiger charge is -2.35. The summed E-state index contributed by atoms with van der Waals surface area (Å²) in [5.74, 6) is 2.90. The van der Waals surface area contributed by atoms with E-state index in [9.17, 15) is 5.11 Å². The zero-order valence-electron chi connectivity index (χ0n) is 12.6. The second-order valence-electron chi connectivity index (χ2n) is 6.09. The third-order valence-electron chi connectivity index (χ3n) is 4.44. The van der Waals surface area contributed by atoms with Crippen LogP contribution >= 0.6 is 0 Å². The second kappa shape index (κ2) is 7.61. The number of nitrogens with one attached hydrogen (secondary N) is 1. The van der Waals surface area contributed by atoms with Crippen LogP contribution in [0.5, 0.6) is 0 Å². The summed E-state index contributed by atoms with van der Waals surface area (Å²) >= 11 is 0. The zero-order valence-corrected chi connectivity index (χ0v) is 12.6.